The van der Waals surface area contributed by atoms with Gasteiger partial charge in [0.2, 0.25) is 0 Å². The molecule has 0 atom stereocenters. The van der Waals surface area contributed by atoms with Gasteiger partial charge < -0.3 is 14.8 Å². The molecule has 3 rings (SSSR count). The molecule has 3 aromatic carbocycles. The number of rotatable bonds is 6. The van der Waals surface area contributed by atoms with Crippen molar-refractivity contribution in [2.45, 2.75) is 13.0 Å². The molecule has 0 aliphatic heterocycles. The molecular formula is C24H21NO3. The summed E-state index contributed by atoms with van der Waals surface area (Å²) < 4.78 is 10.9. The summed E-state index contributed by atoms with van der Waals surface area (Å²) in [6, 6.07) is 26.8. The molecule has 0 aliphatic rings. The normalized spacial score (nSPS) is 9.71. The molecule has 1 N–H and O–H groups in total. The number of ether oxygens (including phenoxy) is 2. The Hall–Kier alpha value is -3.71. The summed E-state index contributed by atoms with van der Waals surface area (Å²) >= 11 is 0. The van der Waals surface area contributed by atoms with Gasteiger partial charge in [0.1, 0.15) is 18.1 Å². The molecule has 4 nitrogen and oxygen atoms in total. The van der Waals surface area contributed by atoms with E-state index in [-0.39, 0.29) is 6.61 Å². The van der Waals surface area contributed by atoms with Crippen molar-refractivity contribution < 1.29 is 14.3 Å². The molecule has 140 valence electrons. The maximum absolute atomic E-state index is 11.6. The van der Waals surface area contributed by atoms with Crippen LogP contribution in [0, 0.1) is 11.8 Å². The van der Waals surface area contributed by atoms with Gasteiger partial charge >= 0.3 is 6.09 Å². The fourth-order valence-electron chi connectivity index (χ4n) is 2.40. The SMILES string of the molecule is O=C(NCCC#Cc1ccc(Oc2ccccc2)cc1)OCc1ccccc1. The van der Waals surface area contributed by atoms with E-state index in [1.165, 1.54) is 0 Å². The van der Waals surface area contributed by atoms with Gasteiger partial charge in [0.25, 0.3) is 0 Å². The second kappa shape index (κ2) is 10.4. The first kappa shape index (κ1) is 19.1. The number of hydrogen-bond acceptors (Lipinski definition) is 3. The van der Waals surface area contributed by atoms with Crippen LogP contribution >= 0.6 is 0 Å². The fraction of sp³-hybridized carbons (Fsp3) is 0.125. The van der Waals surface area contributed by atoms with Gasteiger partial charge in [-0.2, -0.15) is 0 Å². The minimum atomic E-state index is -0.437. The lowest BCUT2D eigenvalue weighted by Gasteiger charge is -2.05. The molecule has 3 aromatic rings. The van der Waals surface area contributed by atoms with Crippen molar-refractivity contribution in [3.63, 3.8) is 0 Å². The monoisotopic (exact) mass is 371 g/mol. The third kappa shape index (κ3) is 6.54. The third-order valence-electron chi connectivity index (χ3n) is 3.80. The summed E-state index contributed by atoms with van der Waals surface area (Å²) in [4.78, 5) is 11.6. The van der Waals surface area contributed by atoms with Gasteiger partial charge in [0, 0.05) is 18.5 Å². The maximum Gasteiger partial charge on any atom is 0.407 e. The lowest BCUT2D eigenvalue weighted by molar-refractivity contribution is 0.140. The molecule has 0 spiro atoms. The number of para-hydroxylation sites is 1. The number of amides is 1. The smallest absolute Gasteiger partial charge is 0.407 e. The van der Waals surface area contributed by atoms with Crippen molar-refractivity contribution in [2.75, 3.05) is 6.54 Å². The Kier molecular flexibility index (Phi) is 7.11. The van der Waals surface area contributed by atoms with Crippen LogP contribution in [0.2, 0.25) is 0 Å². The lowest BCUT2D eigenvalue weighted by atomic mass is 10.2. The van der Waals surface area contributed by atoms with E-state index in [9.17, 15) is 4.79 Å². The minimum absolute atomic E-state index is 0.260. The van der Waals surface area contributed by atoms with Crippen LogP contribution < -0.4 is 10.1 Å². The first-order valence-corrected chi connectivity index (χ1v) is 9.06. The molecule has 28 heavy (non-hydrogen) atoms. The molecular weight excluding hydrogens is 350 g/mol. The highest BCUT2D eigenvalue weighted by Crippen LogP contribution is 2.20. The second-order valence-electron chi connectivity index (χ2n) is 5.98. The van der Waals surface area contributed by atoms with E-state index in [0.29, 0.717) is 13.0 Å². The van der Waals surface area contributed by atoms with Crippen LogP contribution in [-0.2, 0) is 11.3 Å². The highest BCUT2D eigenvalue weighted by atomic mass is 16.5. The molecule has 0 unspecified atom stereocenters. The van der Waals surface area contributed by atoms with Gasteiger partial charge in [-0.15, -0.1) is 0 Å². The number of carbonyl (C=O) groups is 1. The summed E-state index contributed by atoms with van der Waals surface area (Å²) in [6.07, 6.45) is 0.107. The Morgan fingerprint density at radius 1 is 0.821 bits per heavy atom. The molecule has 0 aliphatic carbocycles. The van der Waals surface area contributed by atoms with E-state index < -0.39 is 6.09 Å². The Morgan fingerprint density at radius 2 is 1.46 bits per heavy atom. The molecule has 0 aromatic heterocycles. The molecule has 0 saturated carbocycles. The first-order valence-electron chi connectivity index (χ1n) is 9.06. The van der Waals surface area contributed by atoms with Gasteiger partial charge in [-0.25, -0.2) is 4.79 Å². The Bertz CT molecular complexity index is 926. The van der Waals surface area contributed by atoms with Crippen molar-refractivity contribution in [1.29, 1.82) is 0 Å². The maximum atomic E-state index is 11.6. The van der Waals surface area contributed by atoms with Gasteiger partial charge in [-0.05, 0) is 42.0 Å². The number of nitrogens with one attached hydrogen (secondary N) is 1. The zero-order chi connectivity index (χ0) is 19.4. The van der Waals surface area contributed by atoms with Crippen molar-refractivity contribution in [3.05, 3.63) is 96.1 Å². The average molecular weight is 371 g/mol. The second-order valence-corrected chi connectivity index (χ2v) is 5.98. The standard InChI is InChI=1S/C24H21NO3/c26-24(27-19-21-10-3-1-4-11-21)25-18-8-7-9-20-14-16-23(17-15-20)28-22-12-5-2-6-13-22/h1-6,10-17H,8,18-19H2,(H,25,26). The summed E-state index contributed by atoms with van der Waals surface area (Å²) in [7, 11) is 0. The number of benzene rings is 3. The van der Waals surface area contributed by atoms with E-state index in [2.05, 4.69) is 17.2 Å². The summed E-state index contributed by atoms with van der Waals surface area (Å²) in [5.41, 5.74) is 1.85. The van der Waals surface area contributed by atoms with E-state index in [1.807, 2.05) is 84.9 Å². The van der Waals surface area contributed by atoms with Crippen LogP contribution in [0.15, 0.2) is 84.9 Å². The zero-order valence-corrected chi connectivity index (χ0v) is 15.4. The topological polar surface area (TPSA) is 47.6 Å². The van der Waals surface area contributed by atoms with Gasteiger partial charge in [-0.1, -0.05) is 60.4 Å². The highest BCUT2D eigenvalue weighted by molar-refractivity contribution is 5.67. The molecule has 0 bridgehead atoms. The average Bonchev–Trinajstić information content (AvgIpc) is 2.75. The van der Waals surface area contributed by atoms with Gasteiger partial charge in [-0.3, -0.25) is 0 Å². The Labute approximate surface area is 165 Å². The minimum Gasteiger partial charge on any atom is -0.457 e. The quantitative estimate of drug-likeness (QED) is 0.482. The summed E-state index contributed by atoms with van der Waals surface area (Å²) in [5, 5.41) is 2.69. The van der Waals surface area contributed by atoms with Crippen LogP contribution in [0.5, 0.6) is 11.5 Å². The predicted octanol–water partition coefficient (Wildman–Crippen LogP) is 5.15. The van der Waals surface area contributed by atoms with Crippen molar-refractivity contribution in [2.24, 2.45) is 0 Å². The van der Waals surface area contributed by atoms with Gasteiger partial charge in [0.15, 0.2) is 0 Å². The molecule has 4 heteroatoms. The van der Waals surface area contributed by atoms with E-state index >= 15 is 0 Å². The molecule has 0 heterocycles. The van der Waals surface area contributed by atoms with Crippen LogP contribution in [0.3, 0.4) is 0 Å². The van der Waals surface area contributed by atoms with E-state index in [0.717, 1.165) is 22.6 Å². The van der Waals surface area contributed by atoms with Gasteiger partial charge in [0.05, 0.1) is 0 Å². The molecule has 0 radical (unpaired) electrons. The van der Waals surface area contributed by atoms with Crippen LogP contribution in [-0.4, -0.2) is 12.6 Å². The third-order valence-corrected chi connectivity index (χ3v) is 3.80. The Morgan fingerprint density at radius 3 is 2.18 bits per heavy atom. The van der Waals surface area contributed by atoms with Crippen LogP contribution in [0.25, 0.3) is 0 Å². The molecule has 1 amide bonds. The molecule has 0 saturated heterocycles. The number of alkyl carbamates (subject to hydrolysis) is 1. The number of hydrogen-bond donors (Lipinski definition) is 1. The summed E-state index contributed by atoms with van der Waals surface area (Å²) in [5.74, 6) is 7.67. The molecule has 0 fully saturated rings. The largest absolute Gasteiger partial charge is 0.457 e. The highest BCUT2D eigenvalue weighted by Gasteiger charge is 2.00. The van der Waals surface area contributed by atoms with E-state index in [1.54, 1.807) is 0 Å². The number of carbonyl (C=O) groups excluding carboxylic acids is 1. The Balaban J connectivity index is 1.36. The lowest BCUT2D eigenvalue weighted by Crippen LogP contribution is -2.24. The fourth-order valence-corrected chi connectivity index (χ4v) is 2.40. The first-order chi connectivity index (χ1) is 13.8. The summed E-state index contributed by atoms with van der Waals surface area (Å²) in [6.45, 7) is 0.700. The predicted molar refractivity (Wildman–Crippen MR) is 109 cm³/mol. The van der Waals surface area contributed by atoms with Crippen molar-refractivity contribution >= 4 is 6.09 Å². The van der Waals surface area contributed by atoms with Crippen molar-refractivity contribution in [1.82, 2.24) is 5.32 Å². The van der Waals surface area contributed by atoms with E-state index in [4.69, 9.17) is 9.47 Å². The van der Waals surface area contributed by atoms with Crippen molar-refractivity contribution in [3.8, 4) is 23.3 Å². The zero-order valence-electron chi connectivity index (χ0n) is 15.4. The van der Waals surface area contributed by atoms with Crippen LogP contribution in [0.4, 0.5) is 4.79 Å². The van der Waals surface area contributed by atoms with Crippen LogP contribution in [0.1, 0.15) is 17.5 Å².